The number of hydrogen-bond donors (Lipinski definition) is 1. The second-order valence-electron chi connectivity index (χ2n) is 6.15. The molecule has 23 heavy (non-hydrogen) atoms. The van der Waals surface area contributed by atoms with Gasteiger partial charge in [0.15, 0.2) is 0 Å². The van der Waals surface area contributed by atoms with E-state index >= 15 is 0 Å². The minimum atomic E-state index is -3.16. The van der Waals surface area contributed by atoms with Crippen LogP contribution < -0.4 is 5.32 Å². The second-order valence-corrected chi connectivity index (χ2v) is 8.24. The first kappa shape index (κ1) is 17.9. The maximum atomic E-state index is 12.4. The molecular weight excluding hydrogens is 312 g/mol. The van der Waals surface area contributed by atoms with E-state index in [1.807, 2.05) is 38.1 Å². The third-order valence-electron chi connectivity index (χ3n) is 4.38. The van der Waals surface area contributed by atoms with Crippen LogP contribution in [0.15, 0.2) is 24.3 Å². The summed E-state index contributed by atoms with van der Waals surface area (Å²) in [6.45, 7) is 4.83. The number of hydrogen-bond acceptors (Lipinski definition) is 3. The van der Waals surface area contributed by atoms with Crippen molar-refractivity contribution in [2.45, 2.75) is 39.5 Å². The molecule has 1 aromatic rings. The first-order chi connectivity index (χ1) is 10.9. The van der Waals surface area contributed by atoms with E-state index in [2.05, 4.69) is 5.32 Å². The topological polar surface area (TPSA) is 66.5 Å². The lowest BCUT2D eigenvalue weighted by Crippen LogP contribution is -2.42. The monoisotopic (exact) mass is 338 g/mol. The highest BCUT2D eigenvalue weighted by atomic mass is 32.2. The van der Waals surface area contributed by atoms with Crippen LogP contribution in [0.25, 0.3) is 0 Å². The Balaban J connectivity index is 1.89. The van der Waals surface area contributed by atoms with Crippen molar-refractivity contribution in [2.75, 3.05) is 24.2 Å². The molecule has 1 saturated heterocycles. The number of piperidine rings is 1. The molecule has 1 aliphatic heterocycles. The molecule has 128 valence electrons. The zero-order valence-electron chi connectivity index (χ0n) is 13.9. The first-order valence-corrected chi connectivity index (χ1v) is 9.89. The molecule has 1 aromatic carbocycles. The van der Waals surface area contributed by atoms with E-state index in [0.717, 1.165) is 17.7 Å². The number of unbranched alkanes of at least 4 members (excludes halogenated alkanes) is 1. The summed E-state index contributed by atoms with van der Waals surface area (Å²) in [5, 5.41) is 2.96. The Labute approximate surface area is 139 Å². The van der Waals surface area contributed by atoms with Gasteiger partial charge in [0.05, 0.1) is 5.75 Å². The Morgan fingerprint density at radius 1 is 1.26 bits per heavy atom. The number of rotatable bonds is 6. The maximum absolute atomic E-state index is 12.4. The molecule has 0 aromatic heterocycles. The third kappa shape index (κ3) is 4.78. The van der Waals surface area contributed by atoms with Crippen LogP contribution in [0.1, 0.15) is 38.2 Å². The normalized spacial score (nSPS) is 17.1. The smallest absolute Gasteiger partial charge is 0.227 e. The molecule has 2 rings (SSSR count). The highest BCUT2D eigenvalue weighted by Crippen LogP contribution is 2.23. The number of nitrogens with zero attached hydrogens (tertiary/aromatic N) is 1. The lowest BCUT2D eigenvalue weighted by molar-refractivity contribution is -0.120. The van der Waals surface area contributed by atoms with Gasteiger partial charge in [-0.3, -0.25) is 4.79 Å². The number of aryl methyl sites for hydroxylation is 1. The van der Waals surface area contributed by atoms with Crippen LogP contribution in [0.3, 0.4) is 0 Å². The van der Waals surface area contributed by atoms with Gasteiger partial charge < -0.3 is 5.32 Å². The van der Waals surface area contributed by atoms with Crippen molar-refractivity contribution >= 4 is 21.6 Å². The predicted molar refractivity (Wildman–Crippen MR) is 92.8 cm³/mol. The number of carbonyl (C=O) groups excluding carboxylic acids is 1. The van der Waals surface area contributed by atoms with E-state index in [9.17, 15) is 13.2 Å². The van der Waals surface area contributed by atoms with E-state index in [1.54, 1.807) is 4.31 Å². The Hall–Kier alpha value is -1.40. The van der Waals surface area contributed by atoms with Gasteiger partial charge in [0.1, 0.15) is 0 Å². The number of benzene rings is 1. The number of para-hydroxylation sites is 1. The Kier molecular flexibility index (Phi) is 6.18. The Bertz CT molecular complexity index is 635. The van der Waals surface area contributed by atoms with Gasteiger partial charge in [-0.2, -0.15) is 0 Å². The first-order valence-electron chi connectivity index (χ1n) is 8.28. The zero-order chi connectivity index (χ0) is 16.9. The Morgan fingerprint density at radius 3 is 2.52 bits per heavy atom. The summed E-state index contributed by atoms with van der Waals surface area (Å²) in [5.41, 5.74) is 1.86. The molecule has 0 radical (unpaired) electrons. The maximum Gasteiger partial charge on any atom is 0.227 e. The molecular formula is C17H26N2O3S. The van der Waals surface area contributed by atoms with E-state index in [-0.39, 0.29) is 17.6 Å². The quantitative estimate of drug-likeness (QED) is 0.867. The van der Waals surface area contributed by atoms with Crippen LogP contribution in [0, 0.1) is 12.8 Å². The van der Waals surface area contributed by atoms with E-state index in [1.165, 1.54) is 0 Å². The van der Waals surface area contributed by atoms with Crippen LogP contribution in [0.4, 0.5) is 5.69 Å². The number of sulfonamides is 1. The molecule has 0 spiro atoms. The molecule has 6 heteroatoms. The molecule has 1 fully saturated rings. The summed E-state index contributed by atoms with van der Waals surface area (Å²) in [6.07, 6.45) is 2.73. The van der Waals surface area contributed by atoms with Crippen LogP contribution in [-0.4, -0.2) is 37.5 Å². The van der Waals surface area contributed by atoms with Crippen LogP contribution in [0.5, 0.6) is 0 Å². The summed E-state index contributed by atoms with van der Waals surface area (Å²) in [5.74, 6) is 0.0842. The highest BCUT2D eigenvalue weighted by Gasteiger charge is 2.30. The van der Waals surface area contributed by atoms with Crippen molar-refractivity contribution in [1.29, 1.82) is 0 Å². The van der Waals surface area contributed by atoms with Gasteiger partial charge in [-0.15, -0.1) is 0 Å². The fourth-order valence-electron chi connectivity index (χ4n) is 2.80. The average Bonchev–Trinajstić information content (AvgIpc) is 2.55. The van der Waals surface area contributed by atoms with E-state index < -0.39 is 10.0 Å². The van der Waals surface area contributed by atoms with E-state index in [4.69, 9.17) is 0 Å². The SMILES string of the molecule is CCCCS(=O)(=O)N1CCC(C(=O)Nc2ccccc2C)CC1. The fraction of sp³-hybridized carbons (Fsp3) is 0.588. The molecule has 1 N–H and O–H groups in total. The lowest BCUT2D eigenvalue weighted by atomic mass is 9.97. The second kappa shape index (κ2) is 7.93. The van der Waals surface area contributed by atoms with Crippen molar-refractivity contribution in [3.8, 4) is 0 Å². The summed E-state index contributed by atoms with van der Waals surface area (Å²) in [6, 6.07) is 7.67. The number of anilines is 1. The molecule has 1 amide bonds. The number of amides is 1. The fourth-order valence-corrected chi connectivity index (χ4v) is 4.48. The van der Waals surface area contributed by atoms with Gasteiger partial charge >= 0.3 is 0 Å². The van der Waals surface area contributed by atoms with Crippen LogP contribution >= 0.6 is 0 Å². The highest BCUT2D eigenvalue weighted by molar-refractivity contribution is 7.89. The van der Waals surface area contributed by atoms with Crippen LogP contribution in [0.2, 0.25) is 0 Å². The zero-order valence-corrected chi connectivity index (χ0v) is 14.7. The third-order valence-corrected chi connectivity index (χ3v) is 6.33. The van der Waals surface area contributed by atoms with Gasteiger partial charge in [-0.05, 0) is 37.8 Å². The van der Waals surface area contributed by atoms with Crippen LogP contribution in [-0.2, 0) is 14.8 Å². The predicted octanol–water partition coefficient (Wildman–Crippen LogP) is 2.78. The lowest BCUT2D eigenvalue weighted by Gasteiger charge is -2.30. The average molecular weight is 338 g/mol. The van der Waals surface area contributed by atoms with Gasteiger partial charge in [0, 0.05) is 24.7 Å². The Morgan fingerprint density at radius 2 is 1.91 bits per heavy atom. The molecule has 0 bridgehead atoms. The van der Waals surface area contributed by atoms with E-state index in [0.29, 0.717) is 32.4 Å². The van der Waals surface area contributed by atoms with Gasteiger partial charge in [0.25, 0.3) is 0 Å². The molecule has 5 nitrogen and oxygen atoms in total. The van der Waals surface area contributed by atoms with Gasteiger partial charge in [-0.25, -0.2) is 12.7 Å². The van der Waals surface area contributed by atoms with Crippen molar-refractivity contribution < 1.29 is 13.2 Å². The summed E-state index contributed by atoms with van der Waals surface area (Å²) >= 11 is 0. The minimum absolute atomic E-state index is 0.00935. The number of carbonyl (C=O) groups is 1. The van der Waals surface area contributed by atoms with Gasteiger partial charge in [-0.1, -0.05) is 31.5 Å². The molecule has 0 atom stereocenters. The molecule has 0 saturated carbocycles. The van der Waals surface area contributed by atoms with Crippen molar-refractivity contribution in [1.82, 2.24) is 4.31 Å². The van der Waals surface area contributed by atoms with Gasteiger partial charge in [0.2, 0.25) is 15.9 Å². The molecule has 1 aliphatic rings. The van der Waals surface area contributed by atoms with Crippen molar-refractivity contribution in [3.63, 3.8) is 0 Å². The summed E-state index contributed by atoms with van der Waals surface area (Å²) < 4.78 is 25.9. The molecule has 0 aliphatic carbocycles. The standard InChI is InChI=1S/C17H26N2O3S/c1-3-4-13-23(21,22)19-11-9-15(10-12-19)17(20)18-16-8-6-5-7-14(16)2/h5-8,15H,3-4,9-13H2,1-2H3,(H,18,20). The minimum Gasteiger partial charge on any atom is -0.326 e. The summed E-state index contributed by atoms with van der Waals surface area (Å²) in [7, 11) is -3.16. The largest absolute Gasteiger partial charge is 0.326 e. The molecule has 1 heterocycles. The van der Waals surface area contributed by atoms with Crippen molar-refractivity contribution in [3.05, 3.63) is 29.8 Å². The molecule has 0 unspecified atom stereocenters. The van der Waals surface area contributed by atoms with Crippen molar-refractivity contribution in [2.24, 2.45) is 5.92 Å². The number of nitrogens with one attached hydrogen (secondary N) is 1. The summed E-state index contributed by atoms with van der Waals surface area (Å²) in [4.78, 5) is 12.4.